The topological polar surface area (TPSA) is 37.4 Å². The van der Waals surface area contributed by atoms with Gasteiger partial charge in [-0.3, -0.25) is 14.5 Å². The van der Waals surface area contributed by atoms with Gasteiger partial charge < -0.3 is 0 Å². The first-order chi connectivity index (χ1) is 7.01. The van der Waals surface area contributed by atoms with E-state index in [2.05, 4.69) is 6.42 Å². The first-order valence-electron chi connectivity index (χ1n) is 3.45. The molecule has 0 rings (SSSR count). The number of amides is 2. The van der Waals surface area contributed by atoms with Crippen LogP contribution in [0.4, 0.5) is 26.3 Å². The van der Waals surface area contributed by atoms with E-state index >= 15 is 0 Å². The molecule has 0 saturated heterocycles. The van der Waals surface area contributed by atoms with Crippen molar-refractivity contribution >= 4 is 11.8 Å². The fraction of sp³-hybridized carbons (Fsp3) is 0.429. The lowest BCUT2D eigenvalue weighted by Crippen LogP contribution is -2.50. The Kier molecular flexibility index (Phi) is 3.95. The molecule has 16 heavy (non-hydrogen) atoms. The molecule has 0 aliphatic carbocycles. The van der Waals surface area contributed by atoms with Gasteiger partial charge in [0.25, 0.3) is 0 Å². The smallest absolute Gasteiger partial charge is 0.264 e. The van der Waals surface area contributed by atoms with Crippen LogP contribution < -0.4 is 0 Å². The zero-order valence-corrected chi connectivity index (χ0v) is 7.32. The Bertz CT molecular complexity index is 310. The monoisotopic (exact) mass is 247 g/mol. The summed E-state index contributed by atoms with van der Waals surface area (Å²) in [6.07, 6.45) is -6.74. The second-order valence-electron chi connectivity index (χ2n) is 2.40. The van der Waals surface area contributed by atoms with Gasteiger partial charge in [0.2, 0.25) is 0 Å². The Hall–Kier alpha value is -1.72. The van der Waals surface area contributed by atoms with Crippen LogP contribution >= 0.6 is 0 Å². The van der Waals surface area contributed by atoms with Gasteiger partial charge in [0, 0.05) is 0 Å². The van der Waals surface area contributed by atoms with Gasteiger partial charge in [0.1, 0.15) is 0 Å². The molecule has 0 aliphatic rings. The molecule has 0 fully saturated rings. The third-order valence-corrected chi connectivity index (χ3v) is 1.22. The van der Waals surface area contributed by atoms with Crippen molar-refractivity contribution in [2.45, 2.75) is 12.4 Å². The maximum Gasteiger partial charge on any atom is 0.471 e. The van der Waals surface area contributed by atoms with E-state index in [-0.39, 0.29) is 0 Å². The van der Waals surface area contributed by atoms with E-state index in [4.69, 9.17) is 0 Å². The van der Waals surface area contributed by atoms with Crippen molar-refractivity contribution < 1.29 is 35.9 Å². The fourth-order valence-corrected chi connectivity index (χ4v) is 0.633. The molecule has 0 N–H and O–H groups in total. The van der Waals surface area contributed by atoms with E-state index in [9.17, 15) is 35.9 Å². The molecule has 0 saturated carbocycles. The van der Waals surface area contributed by atoms with Crippen molar-refractivity contribution in [3.05, 3.63) is 0 Å². The molecule has 2 amide bonds. The Morgan fingerprint density at radius 1 is 1.00 bits per heavy atom. The molecular formula is C7H3F6NO2. The minimum atomic E-state index is -5.60. The quantitative estimate of drug-likeness (QED) is 0.514. The third-order valence-electron chi connectivity index (χ3n) is 1.22. The second kappa shape index (κ2) is 4.42. The first kappa shape index (κ1) is 14.3. The van der Waals surface area contributed by atoms with E-state index in [0.717, 1.165) is 0 Å². The number of terminal acetylenes is 1. The van der Waals surface area contributed by atoms with E-state index in [0.29, 0.717) is 0 Å². The molecule has 0 aliphatic heterocycles. The predicted octanol–water partition coefficient (Wildman–Crippen LogP) is 1.10. The molecule has 0 spiro atoms. The zero-order chi connectivity index (χ0) is 13.1. The maximum absolute atomic E-state index is 11.8. The molecule has 0 heterocycles. The lowest BCUT2D eigenvalue weighted by atomic mass is 10.4. The fourth-order valence-electron chi connectivity index (χ4n) is 0.633. The van der Waals surface area contributed by atoms with Crippen molar-refractivity contribution in [3.8, 4) is 12.3 Å². The minimum Gasteiger partial charge on any atom is -0.264 e. The Morgan fingerprint density at radius 2 is 1.31 bits per heavy atom. The molecule has 90 valence electrons. The number of carbonyl (C=O) groups excluding carboxylic acids is 2. The molecule has 9 heteroatoms. The van der Waals surface area contributed by atoms with Crippen molar-refractivity contribution in [1.29, 1.82) is 0 Å². The number of alkyl halides is 6. The maximum atomic E-state index is 11.8. The van der Waals surface area contributed by atoms with Gasteiger partial charge in [0.15, 0.2) is 0 Å². The largest absolute Gasteiger partial charge is 0.471 e. The normalized spacial score (nSPS) is 11.8. The van der Waals surface area contributed by atoms with Gasteiger partial charge in [-0.15, -0.1) is 6.42 Å². The summed E-state index contributed by atoms with van der Waals surface area (Å²) in [5.41, 5.74) is 0. The van der Waals surface area contributed by atoms with Crippen LogP contribution in [-0.4, -0.2) is 35.6 Å². The summed E-state index contributed by atoms with van der Waals surface area (Å²) < 4.78 is 70.8. The third kappa shape index (κ3) is 3.45. The summed E-state index contributed by atoms with van der Waals surface area (Å²) in [6, 6.07) is 0. The van der Waals surface area contributed by atoms with E-state index in [1.54, 1.807) is 0 Å². The highest BCUT2D eigenvalue weighted by molar-refractivity contribution is 6.00. The number of halogens is 6. The van der Waals surface area contributed by atoms with Crippen molar-refractivity contribution in [1.82, 2.24) is 4.90 Å². The predicted molar refractivity (Wildman–Crippen MR) is 37.7 cm³/mol. The first-order valence-corrected chi connectivity index (χ1v) is 3.45. The summed E-state index contributed by atoms with van der Waals surface area (Å²) in [6.45, 7) is -1.41. The molecule has 0 radical (unpaired) electrons. The summed E-state index contributed by atoms with van der Waals surface area (Å²) in [5, 5.41) is 0. The standard InChI is InChI=1S/C7H3F6NO2/c1-2-3-14(4(15)6(8,9)10)5(16)7(11,12)13/h1H,3H2. The Morgan fingerprint density at radius 3 is 1.50 bits per heavy atom. The molecule has 0 aromatic heterocycles. The summed E-state index contributed by atoms with van der Waals surface area (Å²) in [7, 11) is 0. The van der Waals surface area contributed by atoms with Gasteiger partial charge in [-0.25, -0.2) is 0 Å². The van der Waals surface area contributed by atoms with Gasteiger partial charge in [-0.05, 0) is 0 Å². The van der Waals surface area contributed by atoms with Gasteiger partial charge in [0.05, 0.1) is 6.54 Å². The van der Waals surface area contributed by atoms with Crippen LogP contribution in [0.3, 0.4) is 0 Å². The molecule has 0 aromatic rings. The molecule has 3 nitrogen and oxygen atoms in total. The highest BCUT2D eigenvalue weighted by atomic mass is 19.4. The minimum absolute atomic E-state index is 1.08. The summed E-state index contributed by atoms with van der Waals surface area (Å²) in [4.78, 5) is 19.8. The van der Waals surface area contributed by atoms with E-state index in [1.807, 2.05) is 0 Å². The second-order valence-corrected chi connectivity index (χ2v) is 2.40. The Labute approximate surface area is 85.0 Å². The summed E-state index contributed by atoms with van der Waals surface area (Å²) >= 11 is 0. The molecule has 0 bridgehead atoms. The lowest BCUT2D eigenvalue weighted by Gasteiger charge is -2.20. The average Bonchev–Trinajstić information content (AvgIpc) is 2.09. The van der Waals surface area contributed by atoms with Crippen LogP contribution in [0.15, 0.2) is 0 Å². The van der Waals surface area contributed by atoms with E-state index < -0.39 is 35.6 Å². The number of rotatable bonds is 1. The number of nitrogens with zero attached hydrogens (tertiary/aromatic N) is 1. The van der Waals surface area contributed by atoms with Crippen LogP contribution in [0.5, 0.6) is 0 Å². The van der Waals surface area contributed by atoms with Crippen LogP contribution in [-0.2, 0) is 9.59 Å². The molecular weight excluding hydrogens is 244 g/mol. The van der Waals surface area contributed by atoms with Crippen molar-refractivity contribution in [2.75, 3.05) is 6.54 Å². The van der Waals surface area contributed by atoms with Gasteiger partial charge >= 0.3 is 24.2 Å². The molecule has 0 aromatic carbocycles. The van der Waals surface area contributed by atoms with Crippen LogP contribution in [0.25, 0.3) is 0 Å². The highest BCUT2D eigenvalue weighted by Gasteiger charge is 2.51. The van der Waals surface area contributed by atoms with E-state index in [1.165, 1.54) is 5.92 Å². The number of hydrogen-bond donors (Lipinski definition) is 0. The average molecular weight is 247 g/mol. The molecule has 0 unspecified atom stereocenters. The Balaban J connectivity index is 5.13. The van der Waals surface area contributed by atoms with Gasteiger partial charge in [-0.1, -0.05) is 5.92 Å². The van der Waals surface area contributed by atoms with Crippen LogP contribution in [0.2, 0.25) is 0 Å². The molecule has 0 atom stereocenters. The lowest BCUT2D eigenvalue weighted by molar-refractivity contribution is -0.203. The van der Waals surface area contributed by atoms with Crippen molar-refractivity contribution in [3.63, 3.8) is 0 Å². The number of hydrogen-bond acceptors (Lipinski definition) is 2. The zero-order valence-electron chi connectivity index (χ0n) is 7.32. The van der Waals surface area contributed by atoms with Crippen LogP contribution in [0.1, 0.15) is 0 Å². The number of imide groups is 1. The van der Waals surface area contributed by atoms with Gasteiger partial charge in [-0.2, -0.15) is 26.3 Å². The summed E-state index contributed by atoms with van der Waals surface area (Å²) in [5.74, 6) is -4.54. The van der Waals surface area contributed by atoms with Crippen LogP contribution in [0, 0.1) is 12.3 Å². The SMILES string of the molecule is C#CCN(C(=O)C(F)(F)F)C(=O)C(F)(F)F. The van der Waals surface area contributed by atoms with Crippen molar-refractivity contribution in [2.24, 2.45) is 0 Å². The highest BCUT2D eigenvalue weighted by Crippen LogP contribution is 2.23. The number of carbonyl (C=O) groups is 2.